The Morgan fingerprint density at radius 2 is 2.29 bits per heavy atom. The molecule has 1 saturated heterocycles. The molecule has 1 nitrogen and oxygen atoms in total. The molecule has 1 heterocycles. The lowest BCUT2D eigenvalue weighted by molar-refractivity contribution is 1.29. The van der Waals surface area contributed by atoms with E-state index in [1.165, 1.54) is 11.1 Å². The van der Waals surface area contributed by atoms with E-state index in [0.29, 0.717) is 4.58 Å². The average Bonchev–Trinajstić information content (AvgIpc) is 2.51. The second-order valence-corrected chi connectivity index (χ2v) is 6.21. The number of hydrogen-bond donors (Lipinski definition) is 1. The quantitative estimate of drug-likeness (QED) is 0.803. The molecule has 0 amide bonds. The molecule has 0 radical (unpaired) electrons. The van der Waals surface area contributed by atoms with Gasteiger partial charge in [-0.3, -0.25) is 5.41 Å². The molecular formula is C10H10ClNS2. The molecule has 0 saturated carbocycles. The van der Waals surface area contributed by atoms with E-state index in [9.17, 15) is 0 Å². The van der Waals surface area contributed by atoms with Gasteiger partial charge >= 0.3 is 0 Å². The van der Waals surface area contributed by atoms with E-state index in [1.54, 1.807) is 11.8 Å². The zero-order chi connectivity index (χ0) is 10.1. The maximum absolute atomic E-state index is 7.56. The molecule has 0 bridgehead atoms. The molecule has 1 unspecified atom stereocenters. The lowest BCUT2D eigenvalue weighted by Crippen LogP contribution is -1.89. The van der Waals surface area contributed by atoms with Crippen LogP contribution in [0.15, 0.2) is 18.2 Å². The topological polar surface area (TPSA) is 23.9 Å². The Labute approximate surface area is 97.1 Å². The van der Waals surface area contributed by atoms with Crippen LogP contribution in [0.4, 0.5) is 0 Å². The summed E-state index contributed by atoms with van der Waals surface area (Å²) in [7, 11) is 0. The lowest BCUT2D eigenvalue weighted by atomic mass is 10.1. The Kier molecular flexibility index (Phi) is 3.10. The first kappa shape index (κ1) is 10.4. The molecule has 1 atom stereocenters. The van der Waals surface area contributed by atoms with Crippen molar-refractivity contribution in [3.63, 3.8) is 0 Å². The molecule has 1 fully saturated rings. The summed E-state index contributed by atoms with van der Waals surface area (Å²) in [5, 5.41) is 9.12. The Bertz CT molecular complexity index is 378. The van der Waals surface area contributed by atoms with Crippen LogP contribution in [0.2, 0.25) is 5.02 Å². The van der Waals surface area contributed by atoms with E-state index in [-0.39, 0.29) is 0 Å². The molecule has 0 aliphatic carbocycles. The number of benzene rings is 1. The summed E-state index contributed by atoms with van der Waals surface area (Å²) in [6.45, 7) is 2.07. The Balaban J connectivity index is 2.28. The SMILES string of the molecule is Cc1cc(Cl)ccc1C1SCC(=N)S1. The standard InChI is InChI=1S/C10H10ClNS2/c1-6-4-7(11)2-3-8(6)10-13-5-9(12)14-10/h2-4,10,12H,5H2,1H3. The molecule has 74 valence electrons. The van der Waals surface area contributed by atoms with Gasteiger partial charge in [0.05, 0.1) is 9.63 Å². The minimum Gasteiger partial charge on any atom is -0.298 e. The van der Waals surface area contributed by atoms with Gasteiger partial charge in [0.15, 0.2) is 0 Å². The fourth-order valence-electron chi connectivity index (χ4n) is 1.41. The maximum atomic E-state index is 7.56. The number of halogens is 1. The van der Waals surface area contributed by atoms with Gasteiger partial charge in [-0.05, 0) is 30.2 Å². The molecule has 1 aromatic rings. The first-order chi connectivity index (χ1) is 6.66. The highest BCUT2D eigenvalue weighted by molar-refractivity contribution is 8.29. The second kappa shape index (κ2) is 4.17. The molecule has 2 rings (SSSR count). The van der Waals surface area contributed by atoms with Crippen molar-refractivity contribution < 1.29 is 0 Å². The summed E-state index contributed by atoms with van der Waals surface area (Å²) in [5.74, 6) is 0.845. The molecule has 1 aromatic carbocycles. The Morgan fingerprint density at radius 3 is 2.86 bits per heavy atom. The molecule has 0 spiro atoms. The monoisotopic (exact) mass is 243 g/mol. The second-order valence-electron chi connectivity index (χ2n) is 3.18. The number of hydrogen-bond acceptors (Lipinski definition) is 3. The van der Waals surface area contributed by atoms with Crippen molar-refractivity contribution >= 4 is 40.2 Å². The van der Waals surface area contributed by atoms with Gasteiger partial charge in [-0.15, -0.1) is 11.8 Å². The fourth-order valence-corrected chi connectivity index (χ4v) is 4.33. The van der Waals surface area contributed by atoms with Crippen molar-refractivity contribution in [2.24, 2.45) is 0 Å². The van der Waals surface area contributed by atoms with E-state index < -0.39 is 0 Å². The van der Waals surface area contributed by atoms with Crippen LogP contribution in [0.3, 0.4) is 0 Å². The minimum absolute atomic E-state index is 0.389. The molecule has 1 N–H and O–H groups in total. The minimum atomic E-state index is 0.389. The first-order valence-electron chi connectivity index (χ1n) is 4.28. The van der Waals surface area contributed by atoms with Crippen molar-refractivity contribution in [1.29, 1.82) is 5.41 Å². The van der Waals surface area contributed by atoms with Crippen LogP contribution in [0, 0.1) is 12.3 Å². The smallest absolute Gasteiger partial charge is 0.0816 e. The van der Waals surface area contributed by atoms with Crippen molar-refractivity contribution in [2.45, 2.75) is 11.5 Å². The normalized spacial score (nSPS) is 21.6. The van der Waals surface area contributed by atoms with E-state index in [0.717, 1.165) is 15.8 Å². The van der Waals surface area contributed by atoms with E-state index in [1.807, 2.05) is 23.9 Å². The van der Waals surface area contributed by atoms with Gasteiger partial charge in [0.25, 0.3) is 0 Å². The fraction of sp³-hybridized carbons (Fsp3) is 0.300. The van der Waals surface area contributed by atoms with E-state index in [4.69, 9.17) is 17.0 Å². The van der Waals surface area contributed by atoms with Crippen LogP contribution in [-0.4, -0.2) is 10.8 Å². The highest BCUT2D eigenvalue weighted by Gasteiger charge is 2.23. The maximum Gasteiger partial charge on any atom is 0.0816 e. The van der Waals surface area contributed by atoms with Crippen molar-refractivity contribution in [2.75, 3.05) is 5.75 Å². The summed E-state index contributed by atoms with van der Waals surface area (Å²) in [6.07, 6.45) is 0. The van der Waals surface area contributed by atoms with Gasteiger partial charge in [0, 0.05) is 10.8 Å². The molecular weight excluding hydrogens is 234 g/mol. The zero-order valence-corrected chi connectivity index (χ0v) is 10.1. The summed E-state index contributed by atoms with van der Waals surface area (Å²) in [6, 6.07) is 5.98. The highest BCUT2D eigenvalue weighted by Crippen LogP contribution is 2.47. The van der Waals surface area contributed by atoms with E-state index in [2.05, 4.69) is 13.0 Å². The summed E-state index contributed by atoms with van der Waals surface area (Å²) in [4.78, 5) is 0. The third-order valence-electron chi connectivity index (χ3n) is 2.10. The van der Waals surface area contributed by atoms with Crippen LogP contribution < -0.4 is 0 Å². The van der Waals surface area contributed by atoms with Crippen molar-refractivity contribution in [1.82, 2.24) is 0 Å². The van der Waals surface area contributed by atoms with Crippen LogP contribution in [0.1, 0.15) is 15.7 Å². The Hall–Kier alpha value is -0.120. The van der Waals surface area contributed by atoms with Gasteiger partial charge in [-0.1, -0.05) is 29.4 Å². The zero-order valence-electron chi connectivity index (χ0n) is 7.71. The van der Waals surface area contributed by atoms with Crippen LogP contribution in [0.5, 0.6) is 0 Å². The highest BCUT2D eigenvalue weighted by atomic mass is 35.5. The molecule has 4 heteroatoms. The Morgan fingerprint density at radius 1 is 1.50 bits per heavy atom. The summed E-state index contributed by atoms with van der Waals surface area (Å²) in [5.41, 5.74) is 2.52. The number of thioether (sulfide) groups is 2. The van der Waals surface area contributed by atoms with Gasteiger partial charge < -0.3 is 0 Å². The molecule has 1 aliphatic rings. The number of nitrogens with one attached hydrogen (secondary N) is 1. The third kappa shape index (κ3) is 2.10. The number of rotatable bonds is 1. The van der Waals surface area contributed by atoms with Crippen LogP contribution in [-0.2, 0) is 0 Å². The molecule has 1 aliphatic heterocycles. The van der Waals surface area contributed by atoms with Crippen molar-refractivity contribution in [3.05, 3.63) is 34.3 Å². The molecule has 0 aromatic heterocycles. The van der Waals surface area contributed by atoms with Gasteiger partial charge in [-0.2, -0.15) is 0 Å². The van der Waals surface area contributed by atoms with Gasteiger partial charge in [0.2, 0.25) is 0 Å². The lowest BCUT2D eigenvalue weighted by Gasteiger charge is -2.11. The third-order valence-corrected chi connectivity index (χ3v) is 5.12. The van der Waals surface area contributed by atoms with Gasteiger partial charge in [-0.25, -0.2) is 0 Å². The molecule has 14 heavy (non-hydrogen) atoms. The average molecular weight is 244 g/mol. The van der Waals surface area contributed by atoms with Crippen LogP contribution >= 0.6 is 35.1 Å². The van der Waals surface area contributed by atoms with Crippen molar-refractivity contribution in [3.8, 4) is 0 Å². The van der Waals surface area contributed by atoms with Gasteiger partial charge in [0.1, 0.15) is 0 Å². The predicted molar refractivity (Wildman–Crippen MR) is 66.7 cm³/mol. The summed E-state index contributed by atoms with van der Waals surface area (Å²) >= 11 is 9.36. The first-order valence-corrected chi connectivity index (χ1v) is 6.59. The van der Waals surface area contributed by atoms with Crippen LogP contribution in [0.25, 0.3) is 0 Å². The predicted octanol–water partition coefficient (Wildman–Crippen LogP) is 4.10. The number of aryl methyl sites for hydroxylation is 1. The largest absolute Gasteiger partial charge is 0.298 e. The summed E-state index contributed by atoms with van der Waals surface area (Å²) < 4.78 is 0.389. The van der Waals surface area contributed by atoms with E-state index >= 15 is 0 Å².